The second-order valence-corrected chi connectivity index (χ2v) is 5.28. The van der Waals surface area contributed by atoms with E-state index in [2.05, 4.69) is 20.7 Å². The topological polar surface area (TPSA) is 72.2 Å². The minimum absolute atomic E-state index is 0.165. The van der Waals surface area contributed by atoms with Crippen molar-refractivity contribution in [1.82, 2.24) is 15.8 Å². The van der Waals surface area contributed by atoms with Gasteiger partial charge in [0.15, 0.2) is 5.17 Å². The largest absolute Gasteiger partial charge is 0.395 e. The molecular formula is C11H17N5OS. The molecule has 0 radical (unpaired) electrons. The molecule has 18 heavy (non-hydrogen) atoms. The molecule has 98 valence electrons. The third kappa shape index (κ3) is 2.02. The molecule has 1 atom stereocenters. The maximum atomic E-state index is 8.88. The molecule has 0 bridgehead atoms. The number of aliphatic imine (C=N–C) groups is 2. The summed E-state index contributed by atoms with van der Waals surface area (Å²) in [6.07, 6.45) is 4.13. The molecule has 0 aromatic rings. The number of nitrogens with zero attached hydrogens (tertiary/aromatic N) is 3. The fourth-order valence-electron chi connectivity index (χ4n) is 2.51. The van der Waals surface area contributed by atoms with Crippen molar-refractivity contribution < 1.29 is 5.11 Å². The number of thioether (sulfide) groups is 1. The molecule has 1 aliphatic carbocycles. The van der Waals surface area contributed by atoms with E-state index in [0.717, 1.165) is 36.2 Å². The first-order valence-electron chi connectivity index (χ1n) is 6.13. The van der Waals surface area contributed by atoms with Crippen LogP contribution in [0.1, 0.15) is 12.8 Å². The summed E-state index contributed by atoms with van der Waals surface area (Å²) < 4.78 is 0. The lowest BCUT2D eigenvalue weighted by Gasteiger charge is -2.24. The van der Waals surface area contributed by atoms with Crippen LogP contribution in [0.2, 0.25) is 0 Å². The van der Waals surface area contributed by atoms with Gasteiger partial charge in [0.2, 0.25) is 5.96 Å². The molecule has 0 aromatic heterocycles. The van der Waals surface area contributed by atoms with Gasteiger partial charge in [-0.05, 0) is 24.7 Å². The predicted molar refractivity (Wildman–Crippen MR) is 73.4 cm³/mol. The van der Waals surface area contributed by atoms with E-state index in [-0.39, 0.29) is 12.6 Å². The Balaban J connectivity index is 1.78. The highest BCUT2D eigenvalue weighted by molar-refractivity contribution is 8.13. The summed E-state index contributed by atoms with van der Waals surface area (Å²) in [5.41, 5.74) is 5.74. The highest BCUT2D eigenvalue weighted by Crippen LogP contribution is 2.32. The Morgan fingerprint density at radius 1 is 1.56 bits per heavy atom. The van der Waals surface area contributed by atoms with E-state index in [1.807, 2.05) is 11.3 Å². The zero-order chi connectivity index (χ0) is 12.5. The number of aliphatic hydroxyl groups is 1. The molecule has 0 fully saturated rings. The lowest BCUT2D eigenvalue weighted by Crippen LogP contribution is -2.41. The molecule has 3 aliphatic rings. The van der Waals surface area contributed by atoms with Crippen LogP contribution in [0.15, 0.2) is 21.3 Å². The summed E-state index contributed by atoms with van der Waals surface area (Å²) in [4.78, 5) is 9.09. The molecule has 0 spiro atoms. The number of amidine groups is 1. The number of aliphatic hydroxyl groups excluding tert-OH is 1. The number of hydrogen-bond donors (Lipinski definition) is 3. The lowest BCUT2D eigenvalue weighted by molar-refractivity contribution is 0.287. The Labute approximate surface area is 110 Å². The molecule has 0 aromatic carbocycles. The average Bonchev–Trinajstić information content (AvgIpc) is 2.96. The first kappa shape index (κ1) is 12.0. The van der Waals surface area contributed by atoms with Gasteiger partial charge in [-0.25, -0.2) is 10.0 Å². The standard InChI is InChI=1S/C11H17N5OS/c1-18-11-14-10-13-9-7(6-16(10)15-11)2-3-8(9)12-4-5-17/h8,12,17H,2-6H2,1H3,(H,13,14,15). The molecule has 6 nitrogen and oxygen atoms in total. The van der Waals surface area contributed by atoms with Crippen molar-refractivity contribution >= 4 is 22.9 Å². The van der Waals surface area contributed by atoms with Gasteiger partial charge in [-0.15, -0.1) is 0 Å². The third-order valence-corrected chi connectivity index (χ3v) is 3.94. The van der Waals surface area contributed by atoms with Crippen LogP contribution in [0, 0.1) is 0 Å². The minimum atomic E-state index is 0.165. The molecule has 7 heteroatoms. The summed E-state index contributed by atoms with van der Waals surface area (Å²) in [5.74, 6) is 0.760. The van der Waals surface area contributed by atoms with Crippen LogP contribution in [0.3, 0.4) is 0 Å². The van der Waals surface area contributed by atoms with Crippen molar-refractivity contribution in [3.05, 3.63) is 11.3 Å². The highest BCUT2D eigenvalue weighted by Gasteiger charge is 2.33. The number of fused-ring (bicyclic) bond motifs is 1. The maximum Gasteiger partial charge on any atom is 0.247 e. The van der Waals surface area contributed by atoms with Gasteiger partial charge in [0.25, 0.3) is 0 Å². The molecule has 3 rings (SSSR count). The molecule has 0 saturated heterocycles. The zero-order valence-corrected chi connectivity index (χ0v) is 11.1. The van der Waals surface area contributed by atoms with Gasteiger partial charge in [0.05, 0.1) is 24.9 Å². The Morgan fingerprint density at radius 2 is 2.44 bits per heavy atom. The van der Waals surface area contributed by atoms with Gasteiger partial charge in [0, 0.05) is 6.54 Å². The fraction of sp³-hybridized carbons (Fsp3) is 0.636. The van der Waals surface area contributed by atoms with Crippen LogP contribution >= 0.6 is 11.8 Å². The Morgan fingerprint density at radius 3 is 3.22 bits per heavy atom. The van der Waals surface area contributed by atoms with Crippen LogP contribution in [0.5, 0.6) is 0 Å². The van der Waals surface area contributed by atoms with Gasteiger partial charge in [0.1, 0.15) is 0 Å². The summed E-state index contributed by atoms with van der Waals surface area (Å²) >= 11 is 1.59. The van der Waals surface area contributed by atoms with Gasteiger partial charge in [-0.2, -0.15) is 4.99 Å². The van der Waals surface area contributed by atoms with E-state index >= 15 is 0 Å². The smallest absolute Gasteiger partial charge is 0.247 e. The van der Waals surface area contributed by atoms with E-state index in [4.69, 9.17) is 5.11 Å². The Bertz CT molecular complexity index is 445. The second kappa shape index (κ2) is 4.91. The maximum absolute atomic E-state index is 8.88. The van der Waals surface area contributed by atoms with E-state index in [1.54, 1.807) is 11.8 Å². The zero-order valence-electron chi connectivity index (χ0n) is 10.3. The van der Waals surface area contributed by atoms with Crippen molar-refractivity contribution in [2.75, 3.05) is 26.0 Å². The first-order valence-corrected chi connectivity index (χ1v) is 7.36. The normalized spacial score (nSPS) is 25.7. The summed E-state index contributed by atoms with van der Waals surface area (Å²) in [6.45, 7) is 1.64. The number of guanidine groups is 1. The number of hydrogen-bond acceptors (Lipinski definition) is 7. The number of nitrogens with one attached hydrogen (secondary N) is 2. The highest BCUT2D eigenvalue weighted by atomic mass is 32.2. The van der Waals surface area contributed by atoms with Crippen molar-refractivity contribution in [3.8, 4) is 0 Å². The molecular weight excluding hydrogens is 250 g/mol. The predicted octanol–water partition coefficient (Wildman–Crippen LogP) is -0.106. The monoisotopic (exact) mass is 267 g/mol. The molecule has 2 aliphatic heterocycles. The fourth-order valence-corrected chi connectivity index (χ4v) is 2.89. The van der Waals surface area contributed by atoms with Crippen molar-refractivity contribution in [2.24, 2.45) is 9.98 Å². The third-order valence-electron chi connectivity index (χ3n) is 3.37. The quantitative estimate of drug-likeness (QED) is 0.666. The Hall–Kier alpha value is -1.05. The summed E-state index contributed by atoms with van der Waals surface area (Å²) in [6, 6.07) is 0.273. The van der Waals surface area contributed by atoms with Crippen molar-refractivity contribution in [3.63, 3.8) is 0 Å². The van der Waals surface area contributed by atoms with Gasteiger partial charge in [-0.3, -0.25) is 5.43 Å². The molecule has 1 unspecified atom stereocenters. The van der Waals surface area contributed by atoms with Crippen molar-refractivity contribution in [1.29, 1.82) is 0 Å². The molecule has 0 amide bonds. The molecule has 3 N–H and O–H groups in total. The van der Waals surface area contributed by atoms with Crippen LogP contribution in [0.25, 0.3) is 0 Å². The SMILES string of the molecule is CSC1=NC2=NC3=C(CCC3NCCO)CN2N1. The summed E-state index contributed by atoms with van der Waals surface area (Å²) in [7, 11) is 0. The van der Waals surface area contributed by atoms with Gasteiger partial charge in [-0.1, -0.05) is 11.8 Å². The molecule has 0 saturated carbocycles. The average molecular weight is 267 g/mol. The minimum Gasteiger partial charge on any atom is -0.395 e. The molecule has 2 heterocycles. The second-order valence-electron chi connectivity index (χ2n) is 4.49. The lowest BCUT2D eigenvalue weighted by atomic mass is 10.2. The van der Waals surface area contributed by atoms with Gasteiger partial charge < -0.3 is 10.4 Å². The van der Waals surface area contributed by atoms with Gasteiger partial charge >= 0.3 is 0 Å². The number of rotatable bonds is 3. The van der Waals surface area contributed by atoms with E-state index in [1.165, 1.54) is 5.57 Å². The van der Waals surface area contributed by atoms with E-state index in [9.17, 15) is 0 Å². The van der Waals surface area contributed by atoms with Crippen molar-refractivity contribution in [2.45, 2.75) is 18.9 Å². The summed E-state index contributed by atoms with van der Waals surface area (Å²) in [5, 5.41) is 15.1. The number of hydrazine groups is 1. The van der Waals surface area contributed by atoms with E-state index in [0.29, 0.717) is 6.54 Å². The van der Waals surface area contributed by atoms with Crippen LogP contribution in [-0.2, 0) is 0 Å². The van der Waals surface area contributed by atoms with Crippen LogP contribution < -0.4 is 10.7 Å². The van der Waals surface area contributed by atoms with E-state index < -0.39 is 0 Å². The van der Waals surface area contributed by atoms with Crippen LogP contribution in [0.4, 0.5) is 0 Å². The first-order chi connectivity index (χ1) is 8.81. The Kier molecular flexibility index (Phi) is 3.27. The van der Waals surface area contributed by atoms with Crippen LogP contribution in [-0.4, -0.2) is 53.2 Å².